The van der Waals surface area contributed by atoms with Crippen LogP contribution >= 0.6 is 11.6 Å². The summed E-state index contributed by atoms with van der Waals surface area (Å²) in [7, 11) is 0. The number of amides is 1. The van der Waals surface area contributed by atoms with Crippen LogP contribution in [-0.4, -0.2) is 32.2 Å². The zero-order valence-electron chi connectivity index (χ0n) is 14.7. The molecule has 0 radical (unpaired) electrons. The Balaban J connectivity index is 1.48. The molecule has 0 aromatic heterocycles. The van der Waals surface area contributed by atoms with E-state index in [4.69, 9.17) is 16.3 Å². The Labute approximate surface area is 159 Å². The minimum absolute atomic E-state index is 0.0449. The first-order chi connectivity index (χ1) is 12.7. The van der Waals surface area contributed by atoms with Gasteiger partial charge in [-0.25, -0.2) is 0 Å². The van der Waals surface area contributed by atoms with Crippen LogP contribution in [0.15, 0.2) is 42.5 Å². The molecule has 1 unspecified atom stereocenters. The number of nitrogens with one attached hydrogen (secondary N) is 1. The largest absolute Gasteiger partial charge is 0.378 e. The maximum Gasteiger partial charge on any atom is 0.225 e. The molecule has 1 heterocycles. The Hall–Kier alpha value is -2.04. The lowest BCUT2D eigenvalue weighted by atomic mass is 9.97. The predicted octanol–water partition coefficient (Wildman–Crippen LogP) is 4.24. The second-order valence-corrected chi connectivity index (χ2v) is 7.38. The number of benzene rings is 2. The van der Waals surface area contributed by atoms with Gasteiger partial charge in [0.1, 0.15) is 0 Å². The first kappa shape index (κ1) is 17.4. The van der Waals surface area contributed by atoms with Crippen LogP contribution < -0.4 is 10.2 Å². The van der Waals surface area contributed by atoms with Gasteiger partial charge < -0.3 is 15.0 Å². The number of nitrogens with zero attached hydrogens (tertiary/aromatic N) is 1. The van der Waals surface area contributed by atoms with Crippen molar-refractivity contribution in [3.63, 3.8) is 0 Å². The number of hydrogen-bond acceptors (Lipinski definition) is 3. The molecule has 0 bridgehead atoms. The fraction of sp³-hybridized carbons (Fsp3) is 0.381. The average Bonchev–Trinajstić information content (AvgIpc) is 3.05. The molecular formula is C21H23ClN2O2. The van der Waals surface area contributed by atoms with Crippen LogP contribution in [0.4, 0.5) is 11.4 Å². The summed E-state index contributed by atoms with van der Waals surface area (Å²) in [5, 5.41) is 3.73. The SMILES string of the molecule is O=C(CC1CCc2ccccc21)Nc1cc(Cl)ccc1N1CCOCC1. The number of hydrogen-bond donors (Lipinski definition) is 1. The van der Waals surface area contributed by atoms with E-state index in [1.54, 1.807) is 0 Å². The third-order valence-electron chi connectivity index (χ3n) is 5.27. The van der Waals surface area contributed by atoms with Crippen molar-refractivity contribution < 1.29 is 9.53 Å². The van der Waals surface area contributed by atoms with Crippen molar-refractivity contribution >= 4 is 28.9 Å². The fourth-order valence-corrected chi connectivity index (χ4v) is 4.14. The summed E-state index contributed by atoms with van der Waals surface area (Å²) in [6.45, 7) is 3.05. The molecule has 4 rings (SSSR count). The van der Waals surface area contributed by atoms with E-state index in [2.05, 4.69) is 34.5 Å². The first-order valence-corrected chi connectivity index (χ1v) is 9.58. The second-order valence-electron chi connectivity index (χ2n) is 6.95. The van der Waals surface area contributed by atoms with Gasteiger partial charge >= 0.3 is 0 Å². The molecule has 0 spiro atoms. The molecule has 1 N–H and O–H groups in total. The molecule has 1 fully saturated rings. The highest BCUT2D eigenvalue weighted by Crippen LogP contribution is 2.36. The average molecular weight is 371 g/mol. The summed E-state index contributed by atoms with van der Waals surface area (Å²) < 4.78 is 5.43. The molecule has 1 atom stereocenters. The van der Waals surface area contributed by atoms with E-state index >= 15 is 0 Å². The van der Waals surface area contributed by atoms with E-state index in [1.807, 2.05) is 18.2 Å². The van der Waals surface area contributed by atoms with Crippen molar-refractivity contribution in [1.82, 2.24) is 0 Å². The lowest BCUT2D eigenvalue weighted by Crippen LogP contribution is -2.36. The van der Waals surface area contributed by atoms with Crippen molar-refractivity contribution in [1.29, 1.82) is 0 Å². The molecular weight excluding hydrogens is 348 g/mol. The smallest absolute Gasteiger partial charge is 0.225 e. The highest BCUT2D eigenvalue weighted by atomic mass is 35.5. The van der Waals surface area contributed by atoms with Gasteiger partial charge in [-0.15, -0.1) is 0 Å². The van der Waals surface area contributed by atoms with E-state index in [0.29, 0.717) is 30.6 Å². The topological polar surface area (TPSA) is 41.6 Å². The summed E-state index contributed by atoms with van der Waals surface area (Å²) in [4.78, 5) is 15.0. The highest BCUT2D eigenvalue weighted by Gasteiger charge is 2.25. The Morgan fingerprint density at radius 1 is 1.19 bits per heavy atom. The second kappa shape index (κ2) is 7.68. The first-order valence-electron chi connectivity index (χ1n) is 9.20. The minimum atomic E-state index is 0.0449. The van der Waals surface area contributed by atoms with Crippen molar-refractivity contribution in [2.45, 2.75) is 25.2 Å². The molecule has 2 aliphatic rings. The van der Waals surface area contributed by atoms with Gasteiger partial charge in [-0.2, -0.15) is 0 Å². The molecule has 1 amide bonds. The number of carbonyl (C=O) groups is 1. The molecule has 2 aromatic rings. The van der Waals surface area contributed by atoms with E-state index in [1.165, 1.54) is 11.1 Å². The molecule has 4 nitrogen and oxygen atoms in total. The third kappa shape index (κ3) is 3.71. The van der Waals surface area contributed by atoms with Crippen LogP contribution in [0.25, 0.3) is 0 Å². The molecule has 26 heavy (non-hydrogen) atoms. The molecule has 0 saturated carbocycles. The summed E-state index contributed by atoms with van der Waals surface area (Å²) in [6.07, 6.45) is 2.61. The Kier molecular flexibility index (Phi) is 5.14. The Morgan fingerprint density at radius 3 is 2.85 bits per heavy atom. The van der Waals surface area contributed by atoms with Crippen LogP contribution in [0.1, 0.15) is 29.9 Å². The molecule has 2 aromatic carbocycles. The van der Waals surface area contributed by atoms with E-state index in [0.717, 1.165) is 37.3 Å². The number of morpholine rings is 1. The maximum absolute atomic E-state index is 12.7. The molecule has 1 saturated heterocycles. The Bertz CT molecular complexity index is 802. The zero-order chi connectivity index (χ0) is 17.9. The number of ether oxygens (including phenoxy) is 1. The zero-order valence-corrected chi connectivity index (χ0v) is 15.5. The standard InChI is InChI=1S/C21H23ClN2O2/c22-17-7-8-20(24-9-11-26-12-10-24)19(14-17)23-21(25)13-16-6-5-15-3-1-2-4-18(15)16/h1-4,7-8,14,16H,5-6,9-13H2,(H,23,25). The number of anilines is 2. The number of aryl methyl sites for hydroxylation is 1. The molecule has 1 aliphatic heterocycles. The van der Waals surface area contributed by atoms with Crippen LogP contribution in [-0.2, 0) is 16.0 Å². The number of fused-ring (bicyclic) bond motifs is 1. The van der Waals surface area contributed by atoms with Crippen molar-refractivity contribution in [3.05, 3.63) is 58.6 Å². The van der Waals surface area contributed by atoms with E-state index in [9.17, 15) is 4.79 Å². The van der Waals surface area contributed by atoms with Crippen molar-refractivity contribution in [3.8, 4) is 0 Å². The quantitative estimate of drug-likeness (QED) is 0.875. The van der Waals surface area contributed by atoms with Crippen LogP contribution in [0.3, 0.4) is 0 Å². The van der Waals surface area contributed by atoms with E-state index in [-0.39, 0.29) is 5.91 Å². The number of halogens is 1. The monoisotopic (exact) mass is 370 g/mol. The van der Waals surface area contributed by atoms with Gasteiger partial charge in [0.15, 0.2) is 0 Å². The van der Waals surface area contributed by atoms with Crippen LogP contribution in [0, 0.1) is 0 Å². The normalized spacial score (nSPS) is 19.3. The molecule has 5 heteroatoms. The molecule has 136 valence electrons. The summed E-state index contributed by atoms with van der Waals surface area (Å²) >= 11 is 6.18. The third-order valence-corrected chi connectivity index (χ3v) is 5.51. The van der Waals surface area contributed by atoms with Crippen molar-refractivity contribution in [2.75, 3.05) is 36.5 Å². The van der Waals surface area contributed by atoms with Gasteiger partial charge in [0.25, 0.3) is 0 Å². The lowest BCUT2D eigenvalue weighted by Gasteiger charge is -2.30. The van der Waals surface area contributed by atoms with Crippen LogP contribution in [0.5, 0.6) is 0 Å². The highest BCUT2D eigenvalue weighted by molar-refractivity contribution is 6.31. The number of carbonyl (C=O) groups excluding carboxylic acids is 1. The van der Waals surface area contributed by atoms with Crippen molar-refractivity contribution in [2.24, 2.45) is 0 Å². The summed E-state index contributed by atoms with van der Waals surface area (Å²) in [6, 6.07) is 14.1. The lowest BCUT2D eigenvalue weighted by molar-refractivity contribution is -0.116. The van der Waals surface area contributed by atoms with Crippen LogP contribution in [0.2, 0.25) is 5.02 Å². The summed E-state index contributed by atoms with van der Waals surface area (Å²) in [5.41, 5.74) is 4.50. The van der Waals surface area contributed by atoms with Gasteiger partial charge in [0.05, 0.1) is 24.6 Å². The van der Waals surface area contributed by atoms with Gasteiger partial charge in [-0.05, 0) is 48.1 Å². The van der Waals surface area contributed by atoms with Gasteiger partial charge in [0, 0.05) is 24.5 Å². The minimum Gasteiger partial charge on any atom is -0.378 e. The fourth-order valence-electron chi connectivity index (χ4n) is 3.97. The Morgan fingerprint density at radius 2 is 2.00 bits per heavy atom. The van der Waals surface area contributed by atoms with Gasteiger partial charge in [-0.3, -0.25) is 4.79 Å². The maximum atomic E-state index is 12.7. The van der Waals surface area contributed by atoms with Gasteiger partial charge in [0.2, 0.25) is 5.91 Å². The summed E-state index contributed by atoms with van der Waals surface area (Å²) in [5.74, 6) is 0.348. The number of rotatable bonds is 4. The molecule has 1 aliphatic carbocycles. The van der Waals surface area contributed by atoms with Gasteiger partial charge in [-0.1, -0.05) is 35.9 Å². The van der Waals surface area contributed by atoms with E-state index < -0.39 is 0 Å². The predicted molar refractivity (Wildman–Crippen MR) is 105 cm³/mol.